The van der Waals surface area contributed by atoms with Crippen molar-refractivity contribution in [3.05, 3.63) is 59.9 Å². The van der Waals surface area contributed by atoms with Gasteiger partial charge < -0.3 is 15.2 Å². The van der Waals surface area contributed by atoms with Gasteiger partial charge in [0.05, 0.1) is 5.56 Å². The van der Waals surface area contributed by atoms with Crippen molar-refractivity contribution in [2.24, 2.45) is 0 Å². The minimum Gasteiger partial charge on any atom is -0.361 e. The summed E-state index contributed by atoms with van der Waals surface area (Å²) >= 11 is 0. The molecule has 0 spiro atoms. The minimum atomic E-state index is -0.0652. The van der Waals surface area contributed by atoms with E-state index in [1.807, 2.05) is 30.5 Å². The first kappa shape index (κ1) is 18.5. The van der Waals surface area contributed by atoms with Crippen molar-refractivity contribution in [2.75, 3.05) is 18.0 Å². The lowest BCUT2D eigenvalue weighted by Crippen LogP contribution is -2.39. The lowest BCUT2D eigenvalue weighted by atomic mass is 10.00. The van der Waals surface area contributed by atoms with Crippen LogP contribution in [0.4, 0.5) is 5.82 Å². The van der Waals surface area contributed by atoms with E-state index in [0.717, 1.165) is 30.7 Å². The van der Waals surface area contributed by atoms with Crippen molar-refractivity contribution < 1.29 is 4.79 Å². The Morgan fingerprint density at radius 2 is 2.14 bits per heavy atom. The normalized spacial score (nSPS) is 17.0. The second kappa shape index (κ2) is 8.46. The van der Waals surface area contributed by atoms with Crippen LogP contribution in [0, 0.1) is 0 Å². The van der Waals surface area contributed by atoms with Crippen molar-refractivity contribution in [1.82, 2.24) is 15.3 Å². The molecule has 0 radical (unpaired) electrons. The Bertz CT molecular complexity index is 931. The Labute approximate surface area is 166 Å². The van der Waals surface area contributed by atoms with Crippen molar-refractivity contribution in [3.8, 4) is 0 Å². The molecule has 0 saturated carbocycles. The summed E-state index contributed by atoms with van der Waals surface area (Å²) in [5.74, 6) is 0.923. The molecule has 28 heavy (non-hydrogen) atoms. The van der Waals surface area contributed by atoms with E-state index in [-0.39, 0.29) is 5.91 Å². The van der Waals surface area contributed by atoms with Gasteiger partial charge in [-0.1, -0.05) is 25.1 Å². The van der Waals surface area contributed by atoms with E-state index in [1.165, 1.54) is 30.2 Å². The summed E-state index contributed by atoms with van der Waals surface area (Å²) in [7, 11) is 0. The maximum atomic E-state index is 12.5. The Kier molecular flexibility index (Phi) is 5.60. The van der Waals surface area contributed by atoms with Gasteiger partial charge in [0.25, 0.3) is 5.91 Å². The van der Waals surface area contributed by atoms with Gasteiger partial charge in [-0.3, -0.25) is 4.79 Å². The lowest BCUT2D eigenvalue weighted by Gasteiger charge is -2.36. The van der Waals surface area contributed by atoms with Crippen LogP contribution in [0.5, 0.6) is 0 Å². The highest BCUT2D eigenvalue weighted by molar-refractivity contribution is 5.94. The molecule has 1 aliphatic heterocycles. The third kappa shape index (κ3) is 3.88. The average molecular weight is 377 g/mol. The van der Waals surface area contributed by atoms with Gasteiger partial charge in [0.1, 0.15) is 5.82 Å². The molecular formula is C23H28N4O. The van der Waals surface area contributed by atoms with E-state index in [2.05, 4.69) is 39.2 Å². The quantitative estimate of drug-likeness (QED) is 0.674. The van der Waals surface area contributed by atoms with Crippen molar-refractivity contribution in [1.29, 1.82) is 0 Å². The smallest absolute Gasteiger partial charge is 0.252 e. The van der Waals surface area contributed by atoms with Crippen LogP contribution in [0.25, 0.3) is 10.9 Å². The Balaban J connectivity index is 1.34. The van der Waals surface area contributed by atoms with Gasteiger partial charge in [-0.25, -0.2) is 4.98 Å². The molecule has 1 saturated heterocycles. The number of aromatic amines is 1. The number of fused-ring (bicyclic) bond motifs is 1. The van der Waals surface area contributed by atoms with Crippen LogP contribution in [-0.2, 0) is 6.42 Å². The molecule has 2 aromatic heterocycles. The molecule has 1 unspecified atom stereocenters. The zero-order chi connectivity index (χ0) is 19.3. The molecule has 4 rings (SSSR count). The topological polar surface area (TPSA) is 61.0 Å². The molecule has 1 aliphatic rings. The zero-order valence-corrected chi connectivity index (χ0v) is 16.4. The maximum Gasteiger partial charge on any atom is 0.252 e. The number of rotatable bonds is 6. The predicted molar refractivity (Wildman–Crippen MR) is 114 cm³/mol. The van der Waals surface area contributed by atoms with Gasteiger partial charge in [0.15, 0.2) is 0 Å². The van der Waals surface area contributed by atoms with E-state index in [9.17, 15) is 4.79 Å². The number of hydrogen-bond donors (Lipinski definition) is 2. The Morgan fingerprint density at radius 1 is 1.25 bits per heavy atom. The van der Waals surface area contributed by atoms with Crippen LogP contribution in [0.3, 0.4) is 0 Å². The minimum absolute atomic E-state index is 0.0652. The monoisotopic (exact) mass is 376 g/mol. The van der Waals surface area contributed by atoms with Crippen LogP contribution in [-0.4, -0.2) is 35.0 Å². The van der Waals surface area contributed by atoms with Gasteiger partial charge in [0.2, 0.25) is 0 Å². The molecule has 0 aliphatic carbocycles. The molecule has 2 N–H and O–H groups in total. The van der Waals surface area contributed by atoms with E-state index in [0.29, 0.717) is 18.2 Å². The van der Waals surface area contributed by atoms with Crippen LogP contribution in [0.2, 0.25) is 0 Å². The largest absolute Gasteiger partial charge is 0.361 e. The molecular weight excluding hydrogens is 348 g/mol. The van der Waals surface area contributed by atoms with Crippen LogP contribution in [0.1, 0.15) is 48.5 Å². The number of carbonyl (C=O) groups excluding carboxylic acids is 1. The first-order valence-electron chi connectivity index (χ1n) is 10.3. The number of benzene rings is 1. The maximum absolute atomic E-state index is 12.5. The van der Waals surface area contributed by atoms with E-state index < -0.39 is 0 Å². The van der Waals surface area contributed by atoms with Gasteiger partial charge in [-0.15, -0.1) is 0 Å². The van der Waals surface area contributed by atoms with Gasteiger partial charge in [0, 0.05) is 42.4 Å². The Morgan fingerprint density at radius 3 is 2.96 bits per heavy atom. The standard InChI is InChI=1S/C23H28N4O/c1-2-19-7-5-6-14-27(19)22-11-10-18(16-26-22)23(28)24-13-12-17-15-25-21-9-4-3-8-20(17)21/h3-4,8-11,15-16,19,25H,2,5-7,12-14H2,1H3,(H,24,28). The molecule has 3 heterocycles. The summed E-state index contributed by atoms with van der Waals surface area (Å²) in [6, 6.07) is 12.7. The molecule has 1 fully saturated rings. The molecule has 5 nitrogen and oxygen atoms in total. The number of carbonyl (C=O) groups is 1. The molecule has 5 heteroatoms. The van der Waals surface area contributed by atoms with Crippen molar-refractivity contribution in [2.45, 2.75) is 45.1 Å². The van der Waals surface area contributed by atoms with Gasteiger partial charge in [-0.05, 0) is 55.9 Å². The number of amides is 1. The second-order valence-electron chi connectivity index (χ2n) is 7.52. The highest BCUT2D eigenvalue weighted by Crippen LogP contribution is 2.25. The number of anilines is 1. The Hall–Kier alpha value is -2.82. The average Bonchev–Trinajstić information content (AvgIpc) is 3.17. The van der Waals surface area contributed by atoms with E-state index in [4.69, 9.17) is 0 Å². The third-order valence-electron chi connectivity index (χ3n) is 5.76. The third-order valence-corrected chi connectivity index (χ3v) is 5.76. The fourth-order valence-electron chi connectivity index (χ4n) is 4.17. The highest BCUT2D eigenvalue weighted by Gasteiger charge is 2.22. The SMILES string of the molecule is CCC1CCCCN1c1ccc(C(=O)NCCc2c[nH]c3ccccc23)cn1. The van der Waals surface area contributed by atoms with E-state index >= 15 is 0 Å². The number of nitrogens with zero attached hydrogens (tertiary/aromatic N) is 2. The number of pyridine rings is 1. The van der Waals surface area contributed by atoms with Crippen LogP contribution < -0.4 is 10.2 Å². The number of nitrogens with one attached hydrogen (secondary N) is 2. The molecule has 3 aromatic rings. The summed E-state index contributed by atoms with van der Waals surface area (Å²) in [6.07, 6.45) is 9.41. The molecule has 0 bridgehead atoms. The van der Waals surface area contributed by atoms with Gasteiger partial charge >= 0.3 is 0 Å². The summed E-state index contributed by atoms with van der Waals surface area (Å²) in [4.78, 5) is 22.7. The molecule has 1 atom stereocenters. The predicted octanol–water partition coefficient (Wildman–Crippen LogP) is 4.30. The number of H-pyrrole nitrogens is 1. The number of piperidine rings is 1. The fraction of sp³-hybridized carbons (Fsp3) is 0.391. The van der Waals surface area contributed by atoms with Gasteiger partial charge in [-0.2, -0.15) is 0 Å². The fourth-order valence-corrected chi connectivity index (χ4v) is 4.17. The van der Waals surface area contributed by atoms with Crippen LogP contribution >= 0.6 is 0 Å². The lowest BCUT2D eigenvalue weighted by molar-refractivity contribution is 0.0954. The molecule has 1 aromatic carbocycles. The highest BCUT2D eigenvalue weighted by atomic mass is 16.1. The summed E-state index contributed by atoms with van der Waals surface area (Å²) in [6.45, 7) is 3.90. The number of aromatic nitrogens is 2. The first-order chi connectivity index (χ1) is 13.8. The number of para-hydroxylation sites is 1. The summed E-state index contributed by atoms with van der Waals surface area (Å²) in [5.41, 5.74) is 2.97. The van der Waals surface area contributed by atoms with E-state index in [1.54, 1.807) is 6.20 Å². The summed E-state index contributed by atoms with van der Waals surface area (Å²) < 4.78 is 0. The van der Waals surface area contributed by atoms with Crippen molar-refractivity contribution in [3.63, 3.8) is 0 Å². The summed E-state index contributed by atoms with van der Waals surface area (Å²) in [5, 5.41) is 4.23. The number of hydrogen-bond acceptors (Lipinski definition) is 3. The first-order valence-corrected chi connectivity index (χ1v) is 10.3. The zero-order valence-electron chi connectivity index (χ0n) is 16.4. The molecule has 146 valence electrons. The molecule has 1 amide bonds. The van der Waals surface area contributed by atoms with Crippen LogP contribution in [0.15, 0.2) is 48.8 Å². The van der Waals surface area contributed by atoms with Crippen molar-refractivity contribution >= 4 is 22.6 Å². The second-order valence-corrected chi connectivity index (χ2v) is 7.52.